The number of ether oxygens (including phenoxy) is 1. The van der Waals surface area contributed by atoms with Gasteiger partial charge in [0.25, 0.3) is 5.91 Å². The molecule has 2 N–H and O–H groups in total. The zero-order valence-electron chi connectivity index (χ0n) is 14.4. The van der Waals surface area contributed by atoms with Crippen molar-refractivity contribution in [3.05, 3.63) is 71.9 Å². The van der Waals surface area contributed by atoms with Gasteiger partial charge >= 0.3 is 0 Å². The molecule has 0 aliphatic carbocycles. The number of aromatic nitrogens is 2. The molecular weight excluding hydrogens is 332 g/mol. The van der Waals surface area contributed by atoms with Crippen molar-refractivity contribution in [2.24, 2.45) is 0 Å². The van der Waals surface area contributed by atoms with Crippen LogP contribution < -0.4 is 15.4 Å². The van der Waals surface area contributed by atoms with Crippen molar-refractivity contribution < 1.29 is 13.9 Å². The summed E-state index contributed by atoms with van der Waals surface area (Å²) in [5.41, 5.74) is 1.39. The minimum atomic E-state index is -0.281. The van der Waals surface area contributed by atoms with E-state index in [0.29, 0.717) is 30.5 Å². The van der Waals surface area contributed by atoms with Crippen LogP contribution in [0.3, 0.4) is 0 Å². The number of anilines is 1. The first-order valence-corrected chi connectivity index (χ1v) is 8.25. The highest BCUT2D eigenvalue weighted by molar-refractivity contribution is 5.92. The Kier molecular flexibility index (Phi) is 5.82. The summed E-state index contributed by atoms with van der Waals surface area (Å²) in [6, 6.07) is 13.0. The first-order valence-electron chi connectivity index (χ1n) is 8.25. The molecule has 7 nitrogen and oxygen atoms in total. The average molecular weight is 352 g/mol. The van der Waals surface area contributed by atoms with Gasteiger partial charge in [0.15, 0.2) is 0 Å². The molecule has 0 fully saturated rings. The second-order valence-electron chi connectivity index (χ2n) is 5.52. The van der Waals surface area contributed by atoms with Gasteiger partial charge in [-0.05, 0) is 36.2 Å². The summed E-state index contributed by atoms with van der Waals surface area (Å²) >= 11 is 0. The smallest absolute Gasteiger partial charge is 0.270 e. The Hall–Kier alpha value is -3.35. The van der Waals surface area contributed by atoms with Crippen molar-refractivity contribution in [3.8, 4) is 5.75 Å². The molecule has 1 aromatic carbocycles. The summed E-state index contributed by atoms with van der Waals surface area (Å²) in [5, 5.41) is 5.89. The topological polar surface area (TPSA) is 89.3 Å². The maximum atomic E-state index is 12.2. The Bertz CT molecular complexity index is 850. The van der Waals surface area contributed by atoms with Crippen molar-refractivity contribution in [2.45, 2.75) is 13.0 Å². The van der Waals surface area contributed by atoms with Crippen LogP contribution in [0.15, 0.2) is 59.3 Å². The lowest BCUT2D eigenvalue weighted by molar-refractivity contribution is 0.0943. The molecule has 0 atom stereocenters. The molecule has 0 unspecified atom stereocenters. The quantitative estimate of drug-likeness (QED) is 0.648. The van der Waals surface area contributed by atoms with E-state index in [1.807, 2.05) is 24.3 Å². The van der Waals surface area contributed by atoms with Gasteiger partial charge in [0.05, 0.1) is 19.9 Å². The molecule has 0 aliphatic rings. The highest BCUT2D eigenvalue weighted by atomic mass is 16.5. The molecule has 0 saturated heterocycles. The van der Waals surface area contributed by atoms with Crippen LogP contribution in [0, 0.1) is 0 Å². The standard InChI is InChI=1S/C19H20N4O3/c1-25-17-7-3-2-5-14(17)8-10-20-19-21-11-9-16(23-19)18(24)22-13-15-6-4-12-26-15/h2-7,9,11-12H,8,10,13H2,1H3,(H,22,24)(H,20,21,23). The highest BCUT2D eigenvalue weighted by Gasteiger charge is 2.09. The third-order valence-electron chi connectivity index (χ3n) is 3.76. The van der Waals surface area contributed by atoms with Crippen molar-refractivity contribution in [2.75, 3.05) is 19.0 Å². The van der Waals surface area contributed by atoms with E-state index >= 15 is 0 Å². The van der Waals surface area contributed by atoms with Gasteiger partial charge in [-0.2, -0.15) is 0 Å². The molecule has 1 amide bonds. The number of nitrogens with one attached hydrogen (secondary N) is 2. The zero-order valence-corrected chi connectivity index (χ0v) is 14.4. The van der Waals surface area contributed by atoms with Crippen LogP contribution in [-0.4, -0.2) is 29.5 Å². The minimum Gasteiger partial charge on any atom is -0.496 e. The van der Waals surface area contributed by atoms with Crippen molar-refractivity contribution in [1.82, 2.24) is 15.3 Å². The third kappa shape index (κ3) is 4.60. The molecule has 134 valence electrons. The summed E-state index contributed by atoms with van der Waals surface area (Å²) in [5.74, 6) is 1.66. The van der Waals surface area contributed by atoms with Gasteiger partial charge in [0.1, 0.15) is 17.2 Å². The number of nitrogens with zero attached hydrogens (tertiary/aromatic N) is 2. The van der Waals surface area contributed by atoms with E-state index in [0.717, 1.165) is 17.7 Å². The number of furan rings is 1. The Morgan fingerprint density at radius 1 is 1.19 bits per heavy atom. The van der Waals surface area contributed by atoms with Gasteiger partial charge in [-0.25, -0.2) is 9.97 Å². The van der Waals surface area contributed by atoms with E-state index in [2.05, 4.69) is 20.6 Å². The van der Waals surface area contributed by atoms with Crippen LogP contribution in [0.5, 0.6) is 5.75 Å². The number of rotatable bonds is 8. The fraction of sp³-hybridized carbons (Fsp3) is 0.211. The van der Waals surface area contributed by atoms with Gasteiger partial charge < -0.3 is 19.8 Å². The number of methoxy groups -OCH3 is 1. The predicted octanol–water partition coefficient (Wildman–Crippen LogP) is 2.66. The fourth-order valence-electron chi connectivity index (χ4n) is 2.46. The van der Waals surface area contributed by atoms with Crippen LogP contribution in [0.25, 0.3) is 0 Å². The molecule has 3 rings (SSSR count). The molecular formula is C19H20N4O3. The minimum absolute atomic E-state index is 0.281. The molecule has 0 saturated carbocycles. The number of hydrogen-bond donors (Lipinski definition) is 2. The summed E-state index contributed by atoms with van der Waals surface area (Å²) in [7, 11) is 1.65. The number of benzene rings is 1. The van der Waals surface area contributed by atoms with Gasteiger partial charge in [-0.15, -0.1) is 0 Å². The van der Waals surface area contributed by atoms with Gasteiger partial charge in [-0.1, -0.05) is 18.2 Å². The number of amides is 1. The van der Waals surface area contributed by atoms with E-state index < -0.39 is 0 Å². The molecule has 2 aromatic heterocycles. The molecule has 0 radical (unpaired) electrons. The Labute approximate surface area is 151 Å². The second-order valence-corrected chi connectivity index (χ2v) is 5.52. The van der Waals surface area contributed by atoms with Crippen molar-refractivity contribution >= 4 is 11.9 Å². The number of carbonyl (C=O) groups is 1. The van der Waals surface area contributed by atoms with E-state index in [9.17, 15) is 4.79 Å². The van der Waals surface area contributed by atoms with Crippen LogP contribution in [0.4, 0.5) is 5.95 Å². The first-order chi connectivity index (χ1) is 12.8. The molecule has 3 aromatic rings. The SMILES string of the molecule is COc1ccccc1CCNc1nccc(C(=O)NCc2ccco2)n1. The fourth-order valence-corrected chi connectivity index (χ4v) is 2.46. The predicted molar refractivity (Wildman–Crippen MR) is 97.1 cm³/mol. The Balaban J connectivity index is 1.54. The highest BCUT2D eigenvalue weighted by Crippen LogP contribution is 2.17. The Morgan fingerprint density at radius 3 is 2.88 bits per heavy atom. The molecule has 26 heavy (non-hydrogen) atoms. The van der Waals surface area contributed by atoms with Crippen molar-refractivity contribution in [1.29, 1.82) is 0 Å². The van der Waals surface area contributed by atoms with Crippen LogP contribution in [0.2, 0.25) is 0 Å². The van der Waals surface area contributed by atoms with E-state index in [4.69, 9.17) is 9.15 Å². The number of carbonyl (C=O) groups excluding carboxylic acids is 1. The van der Waals surface area contributed by atoms with Gasteiger partial charge in [-0.3, -0.25) is 4.79 Å². The summed E-state index contributed by atoms with van der Waals surface area (Å²) in [4.78, 5) is 20.6. The average Bonchev–Trinajstić information content (AvgIpc) is 3.20. The maximum Gasteiger partial charge on any atom is 0.270 e. The summed E-state index contributed by atoms with van der Waals surface area (Å²) < 4.78 is 10.5. The van der Waals surface area contributed by atoms with E-state index in [1.165, 1.54) is 0 Å². The monoisotopic (exact) mass is 352 g/mol. The van der Waals surface area contributed by atoms with Crippen LogP contribution >= 0.6 is 0 Å². The zero-order chi connectivity index (χ0) is 18.2. The third-order valence-corrected chi connectivity index (χ3v) is 3.76. The van der Waals surface area contributed by atoms with Crippen LogP contribution in [-0.2, 0) is 13.0 Å². The van der Waals surface area contributed by atoms with Crippen LogP contribution in [0.1, 0.15) is 21.8 Å². The number of para-hydroxylation sites is 1. The van der Waals surface area contributed by atoms with Gasteiger partial charge in [0, 0.05) is 12.7 Å². The number of hydrogen-bond acceptors (Lipinski definition) is 6. The molecule has 0 spiro atoms. The summed E-state index contributed by atoms with van der Waals surface area (Å²) in [6.45, 7) is 0.935. The largest absolute Gasteiger partial charge is 0.496 e. The lowest BCUT2D eigenvalue weighted by Crippen LogP contribution is -2.24. The second kappa shape index (κ2) is 8.66. The molecule has 0 bridgehead atoms. The van der Waals surface area contributed by atoms with E-state index in [1.54, 1.807) is 37.8 Å². The molecule has 2 heterocycles. The first kappa shape index (κ1) is 17.5. The maximum absolute atomic E-state index is 12.2. The summed E-state index contributed by atoms with van der Waals surface area (Å²) in [6.07, 6.45) is 3.87. The van der Waals surface area contributed by atoms with E-state index in [-0.39, 0.29) is 5.91 Å². The molecule has 7 heteroatoms. The normalized spacial score (nSPS) is 10.3. The van der Waals surface area contributed by atoms with Crippen molar-refractivity contribution in [3.63, 3.8) is 0 Å². The molecule has 0 aliphatic heterocycles. The lowest BCUT2D eigenvalue weighted by Gasteiger charge is -2.09. The Morgan fingerprint density at radius 2 is 2.08 bits per heavy atom. The van der Waals surface area contributed by atoms with Gasteiger partial charge in [0.2, 0.25) is 5.95 Å². The lowest BCUT2D eigenvalue weighted by atomic mass is 10.1.